The summed E-state index contributed by atoms with van der Waals surface area (Å²) in [4.78, 5) is 0. The number of hydrogen-bond acceptors (Lipinski definition) is 2. The lowest BCUT2D eigenvalue weighted by molar-refractivity contribution is 0.273. The fourth-order valence-corrected chi connectivity index (χ4v) is 1.78. The van der Waals surface area contributed by atoms with Gasteiger partial charge in [-0.1, -0.05) is 41.9 Å². The van der Waals surface area contributed by atoms with Crippen molar-refractivity contribution >= 4 is 11.6 Å². The summed E-state index contributed by atoms with van der Waals surface area (Å²) < 4.78 is 18.9. The van der Waals surface area contributed by atoms with Crippen molar-refractivity contribution in [2.75, 3.05) is 0 Å². The summed E-state index contributed by atoms with van der Waals surface area (Å²) in [6.45, 7) is -0.0665. The van der Waals surface area contributed by atoms with Crippen molar-refractivity contribution in [3.05, 3.63) is 64.4 Å². The number of rotatable bonds is 4. The normalized spacial score (nSPS) is 10.4. The zero-order valence-electron chi connectivity index (χ0n) is 9.57. The van der Waals surface area contributed by atoms with Gasteiger partial charge in [0.15, 0.2) is 0 Å². The van der Waals surface area contributed by atoms with Crippen LogP contribution in [0.25, 0.3) is 0 Å². The van der Waals surface area contributed by atoms with E-state index in [0.717, 1.165) is 5.56 Å². The average Bonchev–Trinajstić information content (AvgIpc) is 2.40. The van der Waals surface area contributed by atoms with Crippen LogP contribution in [-0.4, -0.2) is 5.11 Å². The molecule has 18 heavy (non-hydrogen) atoms. The monoisotopic (exact) mass is 266 g/mol. The van der Waals surface area contributed by atoms with Crippen molar-refractivity contribution < 1.29 is 14.2 Å². The molecule has 0 aliphatic heterocycles. The van der Waals surface area contributed by atoms with Crippen molar-refractivity contribution in [3.8, 4) is 5.75 Å². The van der Waals surface area contributed by atoms with Gasteiger partial charge in [-0.25, -0.2) is 4.39 Å². The molecule has 0 radical (unpaired) electrons. The summed E-state index contributed by atoms with van der Waals surface area (Å²) in [7, 11) is 0. The molecule has 2 aromatic carbocycles. The molecule has 94 valence electrons. The highest BCUT2D eigenvalue weighted by Gasteiger charge is 2.09. The van der Waals surface area contributed by atoms with E-state index in [-0.39, 0.29) is 22.9 Å². The minimum atomic E-state index is -0.523. The lowest BCUT2D eigenvalue weighted by Crippen LogP contribution is -1.98. The summed E-state index contributed by atoms with van der Waals surface area (Å²) in [6.07, 6.45) is 0. The lowest BCUT2D eigenvalue weighted by atomic mass is 10.2. The van der Waals surface area contributed by atoms with Gasteiger partial charge in [-0.05, 0) is 11.6 Å². The van der Waals surface area contributed by atoms with E-state index in [4.69, 9.17) is 21.4 Å². The Labute approximate surface area is 110 Å². The number of hydrogen-bond donors (Lipinski definition) is 1. The number of ether oxygens (including phenoxy) is 1. The zero-order chi connectivity index (χ0) is 13.0. The fourth-order valence-electron chi connectivity index (χ4n) is 1.54. The maximum atomic E-state index is 13.5. The molecule has 0 fully saturated rings. The Balaban J connectivity index is 2.13. The summed E-state index contributed by atoms with van der Waals surface area (Å²) >= 11 is 5.94. The summed E-state index contributed by atoms with van der Waals surface area (Å²) in [5, 5.41) is 9.19. The third-order valence-corrected chi connectivity index (χ3v) is 2.80. The summed E-state index contributed by atoms with van der Waals surface area (Å²) in [6, 6.07) is 12.1. The van der Waals surface area contributed by atoms with Gasteiger partial charge in [0.1, 0.15) is 18.2 Å². The molecule has 0 amide bonds. The molecule has 2 nitrogen and oxygen atoms in total. The summed E-state index contributed by atoms with van der Waals surface area (Å²) in [5.74, 6) is -0.250. The second-order valence-corrected chi connectivity index (χ2v) is 4.21. The molecule has 0 unspecified atom stereocenters. The predicted molar refractivity (Wildman–Crippen MR) is 68.1 cm³/mol. The van der Waals surface area contributed by atoms with E-state index in [1.54, 1.807) is 0 Å². The van der Waals surface area contributed by atoms with Gasteiger partial charge in [0.2, 0.25) is 0 Å². The minimum Gasteiger partial charge on any atom is -0.487 e. The van der Waals surface area contributed by atoms with Crippen LogP contribution in [-0.2, 0) is 13.2 Å². The molecule has 0 atom stereocenters. The standard InChI is InChI=1S/C14H12ClFO2/c15-12-6-11(8-17)13(16)7-14(12)18-9-10-4-2-1-3-5-10/h1-7,17H,8-9H2. The molecule has 0 heterocycles. The first kappa shape index (κ1) is 12.9. The summed E-state index contributed by atoms with van der Waals surface area (Å²) in [5.41, 5.74) is 1.13. The smallest absolute Gasteiger partial charge is 0.141 e. The van der Waals surface area contributed by atoms with Gasteiger partial charge in [0.25, 0.3) is 0 Å². The van der Waals surface area contributed by atoms with E-state index in [1.807, 2.05) is 30.3 Å². The van der Waals surface area contributed by atoms with E-state index in [1.165, 1.54) is 12.1 Å². The van der Waals surface area contributed by atoms with Crippen molar-refractivity contribution in [1.82, 2.24) is 0 Å². The van der Waals surface area contributed by atoms with Gasteiger partial charge in [0, 0.05) is 11.6 Å². The number of halogens is 2. The molecule has 0 aliphatic carbocycles. The van der Waals surface area contributed by atoms with Crippen molar-refractivity contribution in [2.45, 2.75) is 13.2 Å². The molecule has 0 spiro atoms. The Morgan fingerprint density at radius 1 is 1.17 bits per heavy atom. The highest BCUT2D eigenvalue weighted by atomic mass is 35.5. The van der Waals surface area contributed by atoms with Crippen LogP contribution >= 0.6 is 11.6 Å². The molecule has 2 aromatic rings. The van der Waals surface area contributed by atoms with Crippen LogP contribution < -0.4 is 4.74 Å². The topological polar surface area (TPSA) is 29.5 Å². The quantitative estimate of drug-likeness (QED) is 0.917. The van der Waals surface area contributed by atoms with E-state index < -0.39 is 5.82 Å². The highest BCUT2D eigenvalue weighted by Crippen LogP contribution is 2.28. The van der Waals surface area contributed by atoms with Gasteiger partial charge >= 0.3 is 0 Å². The first-order valence-electron chi connectivity index (χ1n) is 5.46. The Morgan fingerprint density at radius 2 is 1.89 bits per heavy atom. The van der Waals surface area contributed by atoms with Crippen molar-refractivity contribution in [2.24, 2.45) is 0 Å². The third-order valence-electron chi connectivity index (χ3n) is 2.51. The predicted octanol–water partition coefficient (Wildman–Crippen LogP) is 3.55. The van der Waals surface area contributed by atoms with E-state index in [2.05, 4.69) is 0 Å². The van der Waals surface area contributed by atoms with Crippen LogP contribution in [0.5, 0.6) is 5.75 Å². The Kier molecular flexibility index (Phi) is 4.18. The highest BCUT2D eigenvalue weighted by molar-refractivity contribution is 6.32. The fraction of sp³-hybridized carbons (Fsp3) is 0.143. The molecule has 0 bridgehead atoms. The maximum Gasteiger partial charge on any atom is 0.141 e. The Morgan fingerprint density at radius 3 is 2.56 bits per heavy atom. The van der Waals surface area contributed by atoms with Gasteiger partial charge in [-0.3, -0.25) is 0 Å². The van der Waals surface area contributed by atoms with Crippen LogP contribution in [0.2, 0.25) is 5.02 Å². The third kappa shape index (κ3) is 3.00. The molecule has 1 N–H and O–H groups in total. The van der Waals surface area contributed by atoms with Crippen LogP contribution in [0.1, 0.15) is 11.1 Å². The second-order valence-electron chi connectivity index (χ2n) is 3.81. The van der Waals surface area contributed by atoms with Crippen LogP contribution in [0.15, 0.2) is 42.5 Å². The molecule has 0 saturated heterocycles. The van der Waals surface area contributed by atoms with Gasteiger partial charge in [-0.15, -0.1) is 0 Å². The minimum absolute atomic E-state index is 0.159. The SMILES string of the molecule is OCc1cc(Cl)c(OCc2ccccc2)cc1F. The average molecular weight is 267 g/mol. The second kappa shape index (κ2) is 5.85. The van der Waals surface area contributed by atoms with E-state index in [9.17, 15) is 4.39 Å². The van der Waals surface area contributed by atoms with Gasteiger partial charge in [-0.2, -0.15) is 0 Å². The van der Waals surface area contributed by atoms with E-state index >= 15 is 0 Å². The molecule has 2 rings (SSSR count). The van der Waals surface area contributed by atoms with Gasteiger partial charge < -0.3 is 9.84 Å². The molecule has 4 heteroatoms. The first-order valence-corrected chi connectivity index (χ1v) is 5.84. The number of aliphatic hydroxyl groups is 1. The zero-order valence-corrected chi connectivity index (χ0v) is 10.3. The molecule has 0 saturated carbocycles. The Bertz CT molecular complexity index is 529. The lowest BCUT2D eigenvalue weighted by Gasteiger charge is -2.10. The Hall–Kier alpha value is -1.58. The largest absolute Gasteiger partial charge is 0.487 e. The van der Waals surface area contributed by atoms with E-state index in [0.29, 0.717) is 6.61 Å². The molecular formula is C14H12ClFO2. The van der Waals surface area contributed by atoms with Crippen molar-refractivity contribution in [3.63, 3.8) is 0 Å². The molecule has 0 aromatic heterocycles. The van der Waals surface area contributed by atoms with Crippen LogP contribution in [0.3, 0.4) is 0 Å². The number of aliphatic hydroxyl groups excluding tert-OH is 1. The van der Waals surface area contributed by atoms with Crippen LogP contribution in [0.4, 0.5) is 4.39 Å². The number of benzene rings is 2. The van der Waals surface area contributed by atoms with Crippen LogP contribution in [0, 0.1) is 5.82 Å². The van der Waals surface area contributed by atoms with Gasteiger partial charge in [0.05, 0.1) is 11.6 Å². The maximum absolute atomic E-state index is 13.5. The van der Waals surface area contributed by atoms with Crippen molar-refractivity contribution in [1.29, 1.82) is 0 Å². The molecule has 0 aliphatic rings. The first-order chi connectivity index (χ1) is 8.70. The molecular weight excluding hydrogens is 255 g/mol.